The van der Waals surface area contributed by atoms with Gasteiger partial charge >= 0.3 is 0 Å². The lowest BCUT2D eigenvalue weighted by Crippen LogP contribution is -2.10. The minimum atomic E-state index is 0.302. The number of hydrogen-bond acceptors (Lipinski definition) is 1. The first kappa shape index (κ1) is 12.3. The van der Waals surface area contributed by atoms with Crippen LogP contribution < -0.4 is 0 Å². The third-order valence-corrected chi connectivity index (χ3v) is 3.78. The molecule has 1 saturated carbocycles. The number of unbranched alkanes of at least 4 members (excludes halogenated alkanes) is 1. The molecular formula is C16H22O. The molecule has 0 N–H and O–H groups in total. The van der Waals surface area contributed by atoms with Crippen molar-refractivity contribution in [3.63, 3.8) is 0 Å². The topological polar surface area (TPSA) is 17.1 Å². The molecule has 2 rings (SSSR count). The molecule has 1 aliphatic carbocycles. The van der Waals surface area contributed by atoms with Gasteiger partial charge in [0.2, 0.25) is 0 Å². The van der Waals surface area contributed by atoms with Gasteiger partial charge in [-0.3, -0.25) is 4.79 Å². The predicted octanol–water partition coefficient (Wildman–Crippen LogP) is 4.40. The van der Waals surface area contributed by atoms with Crippen LogP contribution in [0.15, 0.2) is 24.3 Å². The number of rotatable bonds is 5. The van der Waals surface area contributed by atoms with Crippen molar-refractivity contribution < 1.29 is 4.79 Å². The molecule has 0 spiro atoms. The van der Waals surface area contributed by atoms with Gasteiger partial charge in [-0.1, -0.05) is 50.5 Å². The molecule has 1 aliphatic rings. The zero-order chi connectivity index (χ0) is 12.1. The van der Waals surface area contributed by atoms with Gasteiger partial charge in [0.05, 0.1) is 0 Å². The summed E-state index contributed by atoms with van der Waals surface area (Å²) < 4.78 is 0. The predicted molar refractivity (Wildman–Crippen MR) is 71.3 cm³/mol. The highest BCUT2D eigenvalue weighted by molar-refractivity contribution is 5.98. The molecule has 0 unspecified atom stereocenters. The van der Waals surface area contributed by atoms with Crippen molar-refractivity contribution in [1.29, 1.82) is 0 Å². The van der Waals surface area contributed by atoms with E-state index < -0.39 is 0 Å². The van der Waals surface area contributed by atoms with Crippen molar-refractivity contribution in [3.05, 3.63) is 35.4 Å². The van der Waals surface area contributed by atoms with E-state index >= 15 is 0 Å². The molecule has 1 aromatic carbocycles. The summed E-state index contributed by atoms with van der Waals surface area (Å²) in [6.45, 7) is 2.21. The average molecular weight is 230 g/mol. The fourth-order valence-electron chi connectivity index (χ4n) is 2.64. The van der Waals surface area contributed by atoms with Crippen LogP contribution in [0.5, 0.6) is 0 Å². The van der Waals surface area contributed by atoms with Gasteiger partial charge in [-0.2, -0.15) is 0 Å². The van der Waals surface area contributed by atoms with E-state index in [1.807, 2.05) is 12.1 Å². The molecule has 0 aromatic heterocycles. The standard InChI is InChI=1S/C16H22O/c1-2-3-6-13-9-11-15(12-10-13)16(17)14-7-4-5-8-14/h9-12,14H,2-8H2,1H3. The number of benzene rings is 1. The van der Waals surface area contributed by atoms with Crippen molar-refractivity contribution >= 4 is 5.78 Å². The van der Waals surface area contributed by atoms with Crippen molar-refractivity contribution in [2.75, 3.05) is 0 Å². The molecule has 0 bridgehead atoms. The maximum atomic E-state index is 12.2. The van der Waals surface area contributed by atoms with Gasteiger partial charge < -0.3 is 0 Å². The molecule has 0 heterocycles. The quantitative estimate of drug-likeness (QED) is 0.685. The molecule has 1 heteroatoms. The van der Waals surface area contributed by atoms with E-state index in [1.165, 1.54) is 31.2 Å². The normalized spacial score (nSPS) is 16.3. The van der Waals surface area contributed by atoms with E-state index in [0.717, 1.165) is 24.8 Å². The first-order valence-corrected chi connectivity index (χ1v) is 6.94. The first-order valence-electron chi connectivity index (χ1n) is 6.94. The molecular weight excluding hydrogens is 208 g/mol. The number of ketones is 1. The summed E-state index contributed by atoms with van der Waals surface area (Å²) in [5, 5.41) is 0. The summed E-state index contributed by atoms with van der Waals surface area (Å²) in [6, 6.07) is 8.28. The van der Waals surface area contributed by atoms with Gasteiger partial charge in [0.15, 0.2) is 5.78 Å². The van der Waals surface area contributed by atoms with Crippen molar-refractivity contribution in [1.82, 2.24) is 0 Å². The largest absolute Gasteiger partial charge is 0.294 e. The Morgan fingerprint density at radius 2 is 1.82 bits per heavy atom. The zero-order valence-corrected chi connectivity index (χ0v) is 10.7. The Balaban J connectivity index is 1.99. The van der Waals surface area contributed by atoms with Gasteiger partial charge in [-0.15, -0.1) is 0 Å². The molecule has 92 valence electrons. The lowest BCUT2D eigenvalue weighted by molar-refractivity contribution is 0.0923. The molecule has 0 aliphatic heterocycles. The van der Waals surface area contributed by atoms with Gasteiger partial charge in [0.25, 0.3) is 0 Å². The second kappa shape index (κ2) is 6.00. The van der Waals surface area contributed by atoms with E-state index in [0.29, 0.717) is 11.7 Å². The highest BCUT2D eigenvalue weighted by atomic mass is 16.1. The van der Waals surface area contributed by atoms with E-state index in [2.05, 4.69) is 19.1 Å². The Morgan fingerprint density at radius 3 is 2.41 bits per heavy atom. The highest BCUT2D eigenvalue weighted by Crippen LogP contribution is 2.28. The SMILES string of the molecule is CCCCc1ccc(C(=O)C2CCCC2)cc1. The summed E-state index contributed by atoms with van der Waals surface area (Å²) >= 11 is 0. The van der Waals surface area contributed by atoms with Gasteiger partial charge in [-0.05, 0) is 31.2 Å². The summed E-state index contributed by atoms with van der Waals surface area (Å²) in [4.78, 5) is 12.2. The second-order valence-electron chi connectivity index (χ2n) is 5.15. The van der Waals surface area contributed by atoms with Crippen LogP contribution in [0.2, 0.25) is 0 Å². The lowest BCUT2D eigenvalue weighted by atomic mass is 9.95. The molecule has 1 fully saturated rings. The van der Waals surface area contributed by atoms with Crippen LogP contribution in [0.4, 0.5) is 0 Å². The summed E-state index contributed by atoms with van der Waals surface area (Å²) in [6.07, 6.45) is 8.23. The molecule has 17 heavy (non-hydrogen) atoms. The van der Waals surface area contributed by atoms with Crippen LogP contribution in [-0.4, -0.2) is 5.78 Å². The fraction of sp³-hybridized carbons (Fsp3) is 0.562. The third-order valence-electron chi connectivity index (χ3n) is 3.78. The first-order chi connectivity index (χ1) is 8.31. The van der Waals surface area contributed by atoms with Crippen LogP contribution in [-0.2, 0) is 6.42 Å². The third kappa shape index (κ3) is 3.18. The minimum Gasteiger partial charge on any atom is -0.294 e. The van der Waals surface area contributed by atoms with Gasteiger partial charge in [-0.25, -0.2) is 0 Å². The molecule has 0 amide bonds. The number of Topliss-reactive ketones (excluding diaryl/α,β-unsaturated/α-hetero) is 1. The smallest absolute Gasteiger partial charge is 0.165 e. The number of carbonyl (C=O) groups is 1. The van der Waals surface area contributed by atoms with E-state index in [-0.39, 0.29) is 0 Å². The maximum Gasteiger partial charge on any atom is 0.165 e. The molecule has 0 radical (unpaired) electrons. The Kier molecular flexibility index (Phi) is 4.36. The van der Waals surface area contributed by atoms with Crippen LogP contribution in [0.3, 0.4) is 0 Å². The number of carbonyl (C=O) groups excluding carboxylic acids is 1. The van der Waals surface area contributed by atoms with E-state index in [1.54, 1.807) is 0 Å². The molecule has 0 saturated heterocycles. The monoisotopic (exact) mass is 230 g/mol. The number of hydrogen-bond donors (Lipinski definition) is 0. The lowest BCUT2D eigenvalue weighted by Gasteiger charge is -2.08. The van der Waals surface area contributed by atoms with Crippen LogP contribution in [0.1, 0.15) is 61.4 Å². The Bertz CT molecular complexity index is 358. The fourth-order valence-corrected chi connectivity index (χ4v) is 2.64. The Hall–Kier alpha value is -1.11. The Labute approximate surface area is 104 Å². The Morgan fingerprint density at radius 1 is 1.18 bits per heavy atom. The summed E-state index contributed by atoms with van der Waals surface area (Å²) in [5.41, 5.74) is 2.27. The average Bonchev–Trinajstić information content (AvgIpc) is 2.90. The van der Waals surface area contributed by atoms with Crippen molar-refractivity contribution in [2.24, 2.45) is 5.92 Å². The zero-order valence-electron chi connectivity index (χ0n) is 10.7. The minimum absolute atomic E-state index is 0.302. The van der Waals surface area contributed by atoms with Gasteiger partial charge in [0.1, 0.15) is 0 Å². The second-order valence-corrected chi connectivity index (χ2v) is 5.15. The van der Waals surface area contributed by atoms with Gasteiger partial charge in [0, 0.05) is 11.5 Å². The molecule has 1 nitrogen and oxygen atoms in total. The van der Waals surface area contributed by atoms with E-state index in [4.69, 9.17) is 0 Å². The van der Waals surface area contributed by atoms with E-state index in [9.17, 15) is 4.79 Å². The summed E-state index contributed by atoms with van der Waals surface area (Å²) in [5.74, 6) is 0.668. The van der Waals surface area contributed by atoms with Crippen LogP contribution in [0, 0.1) is 5.92 Å². The summed E-state index contributed by atoms with van der Waals surface area (Å²) in [7, 11) is 0. The highest BCUT2D eigenvalue weighted by Gasteiger charge is 2.23. The maximum absolute atomic E-state index is 12.2. The van der Waals surface area contributed by atoms with Crippen molar-refractivity contribution in [3.8, 4) is 0 Å². The number of aryl methyl sites for hydroxylation is 1. The van der Waals surface area contributed by atoms with Crippen molar-refractivity contribution in [2.45, 2.75) is 51.9 Å². The van der Waals surface area contributed by atoms with Crippen LogP contribution in [0.25, 0.3) is 0 Å². The molecule has 0 atom stereocenters. The molecule has 1 aromatic rings. The van der Waals surface area contributed by atoms with Crippen LogP contribution >= 0.6 is 0 Å².